The Morgan fingerprint density at radius 1 is 1.24 bits per heavy atom. The summed E-state index contributed by atoms with van der Waals surface area (Å²) in [7, 11) is 0. The van der Waals surface area contributed by atoms with E-state index in [4.69, 9.17) is 4.74 Å². The number of aliphatic hydroxyl groups excluding tert-OH is 1. The molecule has 0 aliphatic heterocycles. The smallest absolute Gasteiger partial charge is 0.389 e. The van der Waals surface area contributed by atoms with Gasteiger partial charge in [-0.2, -0.15) is 13.2 Å². The van der Waals surface area contributed by atoms with Gasteiger partial charge in [0.15, 0.2) is 0 Å². The Labute approximate surface area is 125 Å². The highest BCUT2D eigenvalue weighted by molar-refractivity contribution is 4.73. The van der Waals surface area contributed by atoms with E-state index >= 15 is 0 Å². The van der Waals surface area contributed by atoms with Crippen molar-refractivity contribution in [2.45, 2.75) is 70.3 Å². The number of aliphatic hydroxyl groups is 1. The van der Waals surface area contributed by atoms with Gasteiger partial charge in [0.2, 0.25) is 0 Å². The lowest BCUT2D eigenvalue weighted by Crippen LogP contribution is -2.34. The van der Waals surface area contributed by atoms with Crippen LogP contribution in [0.4, 0.5) is 13.2 Å². The van der Waals surface area contributed by atoms with Crippen molar-refractivity contribution in [3.63, 3.8) is 0 Å². The molecule has 2 N–H and O–H groups in total. The van der Waals surface area contributed by atoms with E-state index in [1.54, 1.807) is 0 Å². The summed E-state index contributed by atoms with van der Waals surface area (Å²) in [5, 5.41) is 12.8. The number of hydrogen-bond donors (Lipinski definition) is 2. The third-order valence-corrected chi connectivity index (χ3v) is 3.98. The number of unbranched alkanes of at least 4 members (excludes halogenated alkanes) is 1. The summed E-state index contributed by atoms with van der Waals surface area (Å²) >= 11 is 0. The van der Waals surface area contributed by atoms with Crippen molar-refractivity contribution in [2.75, 3.05) is 19.7 Å². The molecule has 0 amide bonds. The first-order valence-electron chi connectivity index (χ1n) is 7.95. The maximum absolute atomic E-state index is 11.9. The number of rotatable bonds is 9. The predicted octanol–water partition coefficient (Wildman–Crippen LogP) is 3.26. The minimum absolute atomic E-state index is 0.128. The van der Waals surface area contributed by atoms with Crippen LogP contribution >= 0.6 is 0 Å². The zero-order valence-corrected chi connectivity index (χ0v) is 12.8. The van der Waals surface area contributed by atoms with Crippen molar-refractivity contribution < 1.29 is 23.0 Å². The summed E-state index contributed by atoms with van der Waals surface area (Å²) in [6.07, 6.45) is 0.101. The summed E-state index contributed by atoms with van der Waals surface area (Å²) in [5.41, 5.74) is 0. The van der Waals surface area contributed by atoms with Gasteiger partial charge in [-0.3, -0.25) is 0 Å². The monoisotopic (exact) mass is 311 g/mol. The molecule has 1 rings (SSSR count). The second kappa shape index (κ2) is 9.64. The maximum Gasteiger partial charge on any atom is 0.389 e. The Bertz CT molecular complexity index is 274. The van der Waals surface area contributed by atoms with Gasteiger partial charge in [0.25, 0.3) is 0 Å². The normalized spacial score (nSPS) is 25.0. The molecule has 1 saturated carbocycles. The average Bonchev–Trinajstić information content (AvgIpc) is 2.40. The fourth-order valence-corrected chi connectivity index (χ4v) is 2.67. The predicted molar refractivity (Wildman–Crippen MR) is 76.2 cm³/mol. The highest BCUT2D eigenvalue weighted by Gasteiger charge is 2.25. The van der Waals surface area contributed by atoms with E-state index in [1.807, 2.05) is 0 Å². The van der Waals surface area contributed by atoms with E-state index in [0.717, 1.165) is 6.42 Å². The number of halogens is 3. The van der Waals surface area contributed by atoms with E-state index in [2.05, 4.69) is 12.2 Å². The first-order chi connectivity index (χ1) is 9.88. The summed E-state index contributed by atoms with van der Waals surface area (Å²) in [6.45, 7) is 3.33. The number of alkyl halides is 3. The Balaban J connectivity index is 1.97. The summed E-state index contributed by atoms with van der Waals surface area (Å²) in [4.78, 5) is 0. The third-order valence-electron chi connectivity index (χ3n) is 3.98. The maximum atomic E-state index is 11.9. The van der Waals surface area contributed by atoms with Crippen molar-refractivity contribution in [3.8, 4) is 0 Å². The summed E-state index contributed by atoms with van der Waals surface area (Å²) in [6, 6.07) is 0. The molecule has 1 fully saturated rings. The van der Waals surface area contributed by atoms with Gasteiger partial charge in [-0.25, -0.2) is 0 Å². The van der Waals surface area contributed by atoms with Crippen LogP contribution in [0.2, 0.25) is 0 Å². The van der Waals surface area contributed by atoms with Crippen molar-refractivity contribution in [1.82, 2.24) is 5.32 Å². The molecule has 126 valence electrons. The van der Waals surface area contributed by atoms with Gasteiger partial charge >= 0.3 is 6.18 Å². The topological polar surface area (TPSA) is 41.5 Å². The Morgan fingerprint density at radius 3 is 2.62 bits per heavy atom. The number of hydrogen-bond acceptors (Lipinski definition) is 3. The minimum Gasteiger partial charge on any atom is -0.389 e. The van der Waals surface area contributed by atoms with Gasteiger partial charge in [-0.05, 0) is 38.1 Å². The lowest BCUT2D eigenvalue weighted by atomic mass is 9.88. The quantitative estimate of drug-likeness (QED) is 0.642. The first-order valence-corrected chi connectivity index (χ1v) is 7.95. The highest BCUT2D eigenvalue weighted by atomic mass is 19.4. The number of ether oxygens (including phenoxy) is 1. The largest absolute Gasteiger partial charge is 0.389 e. The van der Waals surface area contributed by atoms with Crippen molar-refractivity contribution in [1.29, 1.82) is 0 Å². The highest BCUT2D eigenvalue weighted by Crippen LogP contribution is 2.26. The van der Waals surface area contributed by atoms with Gasteiger partial charge < -0.3 is 15.2 Å². The molecule has 0 aromatic rings. The molecule has 1 aliphatic rings. The summed E-state index contributed by atoms with van der Waals surface area (Å²) in [5.74, 6) is 0.543. The van der Waals surface area contributed by atoms with Crippen molar-refractivity contribution >= 4 is 0 Å². The molecule has 1 aliphatic carbocycles. The Kier molecular flexibility index (Phi) is 8.59. The molecular weight excluding hydrogens is 283 g/mol. The Hall–Kier alpha value is -0.330. The fraction of sp³-hybridized carbons (Fsp3) is 1.00. The van der Waals surface area contributed by atoms with Crippen molar-refractivity contribution in [2.24, 2.45) is 5.92 Å². The zero-order chi connectivity index (χ0) is 15.7. The molecule has 3 unspecified atom stereocenters. The molecule has 3 atom stereocenters. The van der Waals surface area contributed by atoms with Crippen LogP contribution in [-0.2, 0) is 4.74 Å². The average molecular weight is 311 g/mol. The van der Waals surface area contributed by atoms with Crippen LogP contribution in [0.15, 0.2) is 0 Å². The van der Waals surface area contributed by atoms with Crippen LogP contribution in [0.3, 0.4) is 0 Å². The molecular formula is C15H28F3NO2. The van der Waals surface area contributed by atoms with Crippen LogP contribution in [0, 0.1) is 5.92 Å². The van der Waals surface area contributed by atoms with Gasteiger partial charge in [-0.15, -0.1) is 0 Å². The van der Waals surface area contributed by atoms with Crippen LogP contribution in [0.25, 0.3) is 0 Å². The van der Waals surface area contributed by atoms with E-state index in [-0.39, 0.29) is 12.5 Å². The number of nitrogens with one attached hydrogen (secondary N) is 1. The molecule has 3 nitrogen and oxygen atoms in total. The molecule has 21 heavy (non-hydrogen) atoms. The summed E-state index contributed by atoms with van der Waals surface area (Å²) < 4.78 is 41.5. The first kappa shape index (κ1) is 18.7. The van der Waals surface area contributed by atoms with E-state index < -0.39 is 18.7 Å². The SMILES string of the molecule is CC1CCCCC1OCC(O)CNCCCCC(F)(F)F. The molecule has 0 bridgehead atoms. The van der Waals surface area contributed by atoms with E-state index in [1.165, 1.54) is 19.3 Å². The zero-order valence-electron chi connectivity index (χ0n) is 12.8. The minimum atomic E-state index is -4.07. The van der Waals surface area contributed by atoms with Crippen LogP contribution in [-0.4, -0.2) is 43.2 Å². The van der Waals surface area contributed by atoms with E-state index in [0.29, 0.717) is 32.0 Å². The molecule has 0 saturated heterocycles. The van der Waals surface area contributed by atoms with Gasteiger partial charge in [-0.1, -0.05) is 19.8 Å². The lowest BCUT2D eigenvalue weighted by Gasteiger charge is -2.29. The Morgan fingerprint density at radius 2 is 1.95 bits per heavy atom. The molecule has 0 aromatic heterocycles. The van der Waals surface area contributed by atoms with Gasteiger partial charge in [0, 0.05) is 13.0 Å². The fourth-order valence-electron chi connectivity index (χ4n) is 2.67. The van der Waals surface area contributed by atoms with E-state index in [9.17, 15) is 18.3 Å². The second-order valence-electron chi connectivity index (χ2n) is 6.06. The molecule has 0 heterocycles. The standard InChI is InChI=1S/C15H28F3NO2/c1-12-6-2-3-7-14(12)21-11-13(20)10-19-9-5-4-8-15(16,17)18/h12-14,19-20H,2-11H2,1H3. The van der Waals surface area contributed by atoms with Crippen LogP contribution < -0.4 is 5.32 Å². The van der Waals surface area contributed by atoms with Crippen LogP contribution in [0.5, 0.6) is 0 Å². The van der Waals surface area contributed by atoms with Crippen LogP contribution in [0.1, 0.15) is 51.9 Å². The lowest BCUT2D eigenvalue weighted by molar-refractivity contribution is -0.135. The molecule has 0 spiro atoms. The van der Waals surface area contributed by atoms with Crippen molar-refractivity contribution in [3.05, 3.63) is 0 Å². The molecule has 0 radical (unpaired) electrons. The molecule has 6 heteroatoms. The van der Waals surface area contributed by atoms with Gasteiger partial charge in [0.05, 0.1) is 18.8 Å². The second-order valence-corrected chi connectivity index (χ2v) is 6.06. The molecule has 0 aromatic carbocycles. The third kappa shape index (κ3) is 9.32. The van der Waals surface area contributed by atoms with Gasteiger partial charge in [0.1, 0.15) is 0 Å².